The molecule has 0 saturated carbocycles. The summed E-state index contributed by atoms with van der Waals surface area (Å²) in [6.07, 6.45) is -2.27. The fourth-order valence-corrected chi connectivity index (χ4v) is 1.03. The van der Waals surface area contributed by atoms with Crippen molar-refractivity contribution in [2.24, 2.45) is 0 Å². The molecule has 118 valence electrons. The molecule has 2 atom stereocenters. The minimum absolute atomic E-state index is 0.0000534. The van der Waals surface area contributed by atoms with Gasteiger partial charge in [-0.25, -0.2) is 14.4 Å². The van der Waals surface area contributed by atoms with E-state index in [9.17, 15) is 9.59 Å². The van der Waals surface area contributed by atoms with Crippen LogP contribution in [0.4, 0.5) is 4.79 Å². The molecule has 0 heterocycles. The number of carbonyl (C=O) groups is 2. The van der Waals surface area contributed by atoms with Gasteiger partial charge in [-0.05, 0) is 6.92 Å². The van der Waals surface area contributed by atoms with E-state index in [2.05, 4.69) is 9.57 Å². The molecule has 5 N–H and O–H groups in total. The number of alkyl carbamates (subject to hydrolysis) is 1. The highest BCUT2D eigenvalue weighted by Gasteiger charge is 2.25. The molecule has 0 aromatic carbocycles. The third kappa shape index (κ3) is 9.43. The number of hydrogen-bond donors (Lipinski definition) is 5. The molecule has 0 aliphatic heterocycles. The van der Waals surface area contributed by atoms with Crippen molar-refractivity contribution >= 4 is 12.1 Å². The molecule has 0 radical (unpaired) electrons. The normalized spacial score (nSPS) is 13.8. The van der Waals surface area contributed by atoms with Crippen LogP contribution in [0.15, 0.2) is 0 Å². The molecule has 2 unspecified atom stereocenters. The van der Waals surface area contributed by atoms with E-state index < -0.39 is 29.6 Å². The molecular weight excluding hydrogens is 280 g/mol. The SMILES string of the molecule is CC(O)C(NC(=O)OCCOCCON(O)O)C(=O)O. The first-order chi connectivity index (χ1) is 9.34. The Morgan fingerprint density at radius 3 is 2.30 bits per heavy atom. The summed E-state index contributed by atoms with van der Waals surface area (Å²) >= 11 is 0. The van der Waals surface area contributed by atoms with Gasteiger partial charge in [0.2, 0.25) is 0 Å². The monoisotopic (exact) mass is 298 g/mol. The zero-order valence-electron chi connectivity index (χ0n) is 10.8. The summed E-state index contributed by atoms with van der Waals surface area (Å²) < 4.78 is 9.49. The lowest BCUT2D eigenvalue weighted by molar-refractivity contribution is -0.493. The highest BCUT2D eigenvalue weighted by molar-refractivity contribution is 5.80. The van der Waals surface area contributed by atoms with Crippen LogP contribution >= 0.6 is 0 Å². The van der Waals surface area contributed by atoms with Crippen LogP contribution in [0.1, 0.15) is 6.92 Å². The van der Waals surface area contributed by atoms with Gasteiger partial charge in [0.25, 0.3) is 0 Å². The fourth-order valence-electron chi connectivity index (χ4n) is 1.03. The molecule has 0 aromatic heterocycles. The van der Waals surface area contributed by atoms with Gasteiger partial charge in [0.1, 0.15) is 6.61 Å². The lowest BCUT2D eigenvalue weighted by Gasteiger charge is -2.16. The molecule has 1 amide bonds. The Bertz CT molecular complexity index is 297. The van der Waals surface area contributed by atoms with Gasteiger partial charge in [-0.3, -0.25) is 10.4 Å². The van der Waals surface area contributed by atoms with Crippen LogP contribution in [0, 0.1) is 0 Å². The Hall–Kier alpha value is -1.50. The molecule has 0 bridgehead atoms. The minimum atomic E-state index is -1.46. The third-order valence-electron chi connectivity index (χ3n) is 1.92. The van der Waals surface area contributed by atoms with Gasteiger partial charge in [-0.1, -0.05) is 0 Å². The smallest absolute Gasteiger partial charge is 0.408 e. The van der Waals surface area contributed by atoms with Crippen molar-refractivity contribution in [2.75, 3.05) is 26.4 Å². The van der Waals surface area contributed by atoms with Gasteiger partial charge in [-0.2, -0.15) is 0 Å². The van der Waals surface area contributed by atoms with Crippen LogP contribution in [-0.2, 0) is 19.1 Å². The topological polar surface area (TPSA) is 158 Å². The predicted octanol–water partition coefficient (Wildman–Crippen LogP) is -1.42. The fraction of sp³-hybridized carbons (Fsp3) is 0.778. The number of nitrogens with one attached hydrogen (secondary N) is 1. The number of carbonyl (C=O) groups excluding carboxylic acids is 1. The van der Waals surface area contributed by atoms with E-state index in [4.69, 9.17) is 25.4 Å². The van der Waals surface area contributed by atoms with Crippen molar-refractivity contribution < 1.29 is 44.5 Å². The summed E-state index contributed by atoms with van der Waals surface area (Å²) in [5, 5.41) is 35.6. The van der Waals surface area contributed by atoms with E-state index in [1.807, 2.05) is 5.32 Å². The second-order valence-electron chi connectivity index (χ2n) is 3.54. The number of rotatable bonds is 10. The minimum Gasteiger partial charge on any atom is -0.480 e. The van der Waals surface area contributed by atoms with E-state index in [0.29, 0.717) is 0 Å². The van der Waals surface area contributed by atoms with Gasteiger partial charge >= 0.3 is 12.1 Å². The van der Waals surface area contributed by atoms with Crippen molar-refractivity contribution in [3.63, 3.8) is 0 Å². The second-order valence-corrected chi connectivity index (χ2v) is 3.54. The van der Waals surface area contributed by atoms with E-state index in [1.165, 1.54) is 6.92 Å². The Morgan fingerprint density at radius 2 is 1.80 bits per heavy atom. The Kier molecular flexibility index (Phi) is 9.53. The first kappa shape index (κ1) is 18.5. The molecular formula is C9H18N2O9. The van der Waals surface area contributed by atoms with Crippen LogP contribution in [0.3, 0.4) is 0 Å². The Balaban J connectivity index is 3.65. The third-order valence-corrected chi connectivity index (χ3v) is 1.92. The van der Waals surface area contributed by atoms with Crippen LogP contribution < -0.4 is 5.32 Å². The van der Waals surface area contributed by atoms with E-state index >= 15 is 0 Å². The summed E-state index contributed by atoms with van der Waals surface area (Å²) in [5.41, 5.74) is 0. The lowest BCUT2D eigenvalue weighted by Crippen LogP contribution is -2.47. The number of nitrogens with zero attached hydrogens (tertiary/aromatic N) is 1. The first-order valence-corrected chi connectivity index (χ1v) is 5.57. The molecule has 0 spiro atoms. The van der Waals surface area contributed by atoms with Crippen molar-refractivity contribution in [2.45, 2.75) is 19.1 Å². The standard InChI is InChI=1S/C9H18N2O9/c1-6(12)7(8(13)14)10-9(15)19-4-2-18-3-5-20-11(16)17/h6-7,12,16-17H,2-5H2,1H3,(H,10,15)(H,13,14). The predicted molar refractivity (Wildman–Crippen MR) is 59.8 cm³/mol. The maximum atomic E-state index is 11.2. The highest BCUT2D eigenvalue weighted by atomic mass is 17.1. The highest BCUT2D eigenvalue weighted by Crippen LogP contribution is 1.94. The number of aliphatic carboxylic acids is 1. The van der Waals surface area contributed by atoms with Crippen molar-refractivity contribution in [1.29, 1.82) is 0 Å². The quantitative estimate of drug-likeness (QED) is 0.239. The van der Waals surface area contributed by atoms with Gasteiger partial charge in [0.05, 0.1) is 31.3 Å². The molecule has 0 aliphatic carbocycles. The van der Waals surface area contributed by atoms with Crippen LogP contribution in [0.5, 0.6) is 0 Å². The van der Waals surface area contributed by atoms with Crippen LogP contribution in [-0.4, -0.2) is 76.7 Å². The number of carboxylic acid groups (broad SMARTS) is 1. The van der Waals surface area contributed by atoms with Crippen molar-refractivity contribution in [1.82, 2.24) is 10.7 Å². The summed E-state index contributed by atoms with van der Waals surface area (Å²) in [5.74, 6) is -1.39. The number of hydrogen-bond acceptors (Lipinski definition) is 9. The second kappa shape index (κ2) is 10.3. The lowest BCUT2D eigenvalue weighted by atomic mass is 10.2. The molecule has 11 nitrogen and oxygen atoms in total. The maximum Gasteiger partial charge on any atom is 0.408 e. The first-order valence-electron chi connectivity index (χ1n) is 5.57. The van der Waals surface area contributed by atoms with Gasteiger partial charge in [0.15, 0.2) is 6.04 Å². The number of aliphatic hydroxyl groups excluding tert-OH is 1. The summed E-state index contributed by atoms with van der Waals surface area (Å²) in [6.45, 7) is 0.962. The van der Waals surface area contributed by atoms with Crippen LogP contribution in [0.2, 0.25) is 0 Å². The maximum absolute atomic E-state index is 11.2. The average molecular weight is 298 g/mol. The zero-order chi connectivity index (χ0) is 15.5. The molecule has 0 aliphatic rings. The number of carboxylic acids is 1. The van der Waals surface area contributed by atoms with Gasteiger partial charge in [0, 0.05) is 0 Å². The summed E-state index contributed by atoms with van der Waals surface area (Å²) in [4.78, 5) is 26.0. The Labute approximate surface area is 114 Å². The largest absolute Gasteiger partial charge is 0.480 e. The van der Waals surface area contributed by atoms with E-state index in [-0.39, 0.29) is 26.4 Å². The van der Waals surface area contributed by atoms with E-state index in [1.54, 1.807) is 0 Å². The molecule has 0 fully saturated rings. The van der Waals surface area contributed by atoms with Crippen molar-refractivity contribution in [3.8, 4) is 0 Å². The Morgan fingerprint density at radius 1 is 1.20 bits per heavy atom. The van der Waals surface area contributed by atoms with Crippen LogP contribution in [0.25, 0.3) is 0 Å². The summed E-state index contributed by atoms with van der Waals surface area (Å²) in [6, 6.07) is -1.46. The van der Waals surface area contributed by atoms with Gasteiger partial charge < -0.3 is 25.0 Å². The molecule has 0 saturated heterocycles. The molecule has 0 aromatic rings. The van der Waals surface area contributed by atoms with E-state index in [0.717, 1.165) is 0 Å². The average Bonchev–Trinajstić information content (AvgIpc) is 2.33. The summed E-state index contributed by atoms with van der Waals surface area (Å²) in [7, 11) is 0. The molecule has 0 rings (SSSR count). The number of ether oxygens (including phenoxy) is 2. The number of aliphatic hydroxyl groups is 1. The van der Waals surface area contributed by atoms with Gasteiger partial charge in [-0.15, -0.1) is 0 Å². The molecule has 20 heavy (non-hydrogen) atoms. The zero-order valence-corrected chi connectivity index (χ0v) is 10.8. The van der Waals surface area contributed by atoms with Crippen molar-refractivity contribution in [3.05, 3.63) is 0 Å². The number of amides is 1. The molecule has 11 heteroatoms.